The first-order chi connectivity index (χ1) is 6.61. The zero-order valence-corrected chi connectivity index (χ0v) is 9.29. The molecule has 1 amide bonds. The van der Waals surface area contributed by atoms with Crippen molar-refractivity contribution in [1.82, 2.24) is 5.32 Å². The fourth-order valence-electron chi connectivity index (χ4n) is 0.768. The van der Waals surface area contributed by atoms with E-state index in [2.05, 4.69) is 16.6 Å². The predicted molar refractivity (Wildman–Crippen MR) is 55.8 cm³/mol. The Hall–Kier alpha value is -1.32. The van der Waals surface area contributed by atoms with Crippen LogP contribution in [0, 0.1) is 0 Å². The molecule has 0 aliphatic rings. The predicted octanol–water partition coefficient (Wildman–Crippen LogP) is 1.27. The molecule has 0 aromatic heterocycles. The van der Waals surface area contributed by atoms with E-state index >= 15 is 0 Å². The van der Waals surface area contributed by atoms with Gasteiger partial charge in [-0.05, 0) is 6.42 Å². The summed E-state index contributed by atoms with van der Waals surface area (Å²) >= 11 is 0. The van der Waals surface area contributed by atoms with Gasteiger partial charge < -0.3 is 10.1 Å². The van der Waals surface area contributed by atoms with Crippen molar-refractivity contribution in [3.05, 3.63) is 12.7 Å². The molecular weight excluding hydrogens is 182 g/mol. The molecule has 0 saturated carbocycles. The molecule has 0 bridgehead atoms. The maximum Gasteiger partial charge on any atom is 0.328 e. The van der Waals surface area contributed by atoms with Gasteiger partial charge in [-0.2, -0.15) is 0 Å². The maximum absolute atomic E-state index is 11.0. The van der Waals surface area contributed by atoms with Crippen LogP contribution in [-0.2, 0) is 14.3 Å². The zero-order chi connectivity index (χ0) is 11.6. The summed E-state index contributed by atoms with van der Waals surface area (Å²) in [4.78, 5) is 21.5. The van der Waals surface area contributed by atoms with Crippen LogP contribution in [0.1, 0.15) is 27.2 Å². The van der Waals surface area contributed by atoms with Gasteiger partial charge in [0, 0.05) is 6.92 Å². The van der Waals surface area contributed by atoms with Crippen LogP contribution in [0.5, 0.6) is 0 Å². The number of esters is 1. The molecule has 0 radical (unpaired) electrons. The molecule has 0 aliphatic heterocycles. The van der Waals surface area contributed by atoms with Gasteiger partial charge in [0.25, 0.3) is 0 Å². The van der Waals surface area contributed by atoms with Crippen LogP contribution >= 0.6 is 0 Å². The minimum absolute atomic E-state index is 0.257. The molecule has 1 atom stereocenters. The second-order valence-corrected chi connectivity index (χ2v) is 2.30. The van der Waals surface area contributed by atoms with E-state index in [-0.39, 0.29) is 5.91 Å². The standard InChI is InChI=1S/C8H13NO3.C2H6/c1-4-5-7(8(11)12-3)9-6(2)10;1-2/h4,7H,1,5H2,2-3H3,(H,9,10);1-2H3/t7-;/m0./s1. The van der Waals surface area contributed by atoms with E-state index < -0.39 is 12.0 Å². The molecule has 0 aromatic carbocycles. The van der Waals surface area contributed by atoms with Gasteiger partial charge in [0.2, 0.25) is 5.91 Å². The lowest BCUT2D eigenvalue weighted by Crippen LogP contribution is -2.39. The van der Waals surface area contributed by atoms with Crippen LogP contribution < -0.4 is 5.32 Å². The smallest absolute Gasteiger partial charge is 0.328 e. The van der Waals surface area contributed by atoms with Crippen LogP contribution in [-0.4, -0.2) is 25.0 Å². The summed E-state index contributed by atoms with van der Waals surface area (Å²) in [6.07, 6.45) is 1.93. The van der Waals surface area contributed by atoms with Crippen molar-refractivity contribution in [3.8, 4) is 0 Å². The normalized spacial score (nSPS) is 10.3. The number of ether oxygens (including phenoxy) is 1. The molecule has 0 heterocycles. The average molecular weight is 201 g/mol. The van der Waals surface area contributed by atoms with Crippen LogP contribution in [0.4, 0.5) is 0 Å². The van der Waals surface area contributed by atoms with Crippen molar-refractivity contribution in [2.45, 2.75) is 33.2 Å². The average Bonchev–Trinajstić information content (AvgIpc) is 2.18. The van der Waals surface area contributed by atoms with Crippen LogP contribution in [0.2, 0.25) is 0 Å². The van der Waals surface area contributed by atoms with Crippen LogP contribution in [0.15, 0.2) is 12.7 Å². The molecule has 4 nitrogen and oxygen atoms in total. The van der Waals surface area contributed by atoms with Gasteiger partial charge in [0.15, 0.2) is 0 Å². The Bertz CT molecular complexity index is 190. The quantitative estimate of drug-likeness (QED) is 0.550. The lowest BCUT2D eigenvalue weighted by atomic mass is 10.2. The van der Waals surface area contributed by atoms with Crippen molar-refractivity contribution in [3.63, 3.8) is 0 Å². The first kappa shape index (κ1) is 15.2. The van der Waals surface area contributed by atoms with E-state index in [0.717, 1.165) is 0 Å². The summed E-state index contributed by atoms with van der Waals surface area (Å²) in [5.41, 5.74) is 0. The molecule has 1 N–H and O–H groups in total. The minimum atomic E-state index is -0.606. The molecule has 0 aliphatic carbocycles. The third-order valence-electron chi connectivity index (χ3n) is 1.27. The molecule has 0 unspecified atom stereocenters. The second kappa shape index (κ2) is 9.77. The molecule has 0 saturated heterocycles. The minimum Gasteiger partial charge on any atom is -0.467 e. The highest BCUT2D eigenvalue weighted by molar-refractivity contribution is 5.83. The summed E-state index contributed by atoms with van der Waals surface area (Å²) in [5.74, 6) is -0.711. The number of carbonyl (C=O) groups excluding carboxylic acids is 2. The van der Waals surface area contributed by atoms with Crippen molar-refractivity contribution in [1.29, 1.82) is 0 Å². The summed E-state index contributed by atoms with van der Waals surface area (Å²) < 4.78 is 4.46. The molecule has 0 spiro atoms. The Morgan fingerprint density at radius 3 is 2.29 bits per heavy atom. The molecule has 0 fully saturated rings. The Morgan fingerprint density at radius 1 is 1.50 bits per heavy atom. The van der Waals surface area contributed by atoms with E-state index in [1.165, 1.54) is 14.0 Å². The van der Waals surface area contributed by atoms with Gasteiger partial charge in [0.05, 0.1) is 7.11 Å². The number of amides is 1. The van der Waals surface area contributed by atoms with E-state index in [1.54, 1.807) is 6.08 Å². The Kier molecular flexibility index (Phi) is 10.6. The van der Waals surface area contributed by atoms with Gasteiger partial charge in [-0.3, -0.25) is 4.79 Å². The number of carbonyl (C=O) groups is 2. The number of rotatable bonds is 4. The zero-order valence-electron chi connectivity index (χ0n) is 9.29. The van der Waals surface area contributed by atoms with Crippen LogP contribution in [0.25, 0.3) is 0 Å². The first-order valence-corrected chi connectivity index (χ1v) is 4.57. The van der Waals surface area contributed by atoms with E-state index in [0.29, 0.717) is 6.42 Å². The first-order valence-electron chi connectivity index (χ1n) is 4.57. The van der Waals surface area contributed by atoms with Crippen LogP contribution in [0.3, 0.4) is 0 Å². The lowest BCUT2D eigenvalue weighted by molar-refractivity contribution is -0.144. The Morgan fingerprint density at radius 2 is 2.00 bits per heavy atom. The highest BCUT2D eigenvalue weighted by Gasteiger charge is 2.17. The SMILES string of the molecule is C=CC[C@H](NC(C)=O)C(=O)OC.CC. The van der Waals surface area contributed by atoms with E-state index in [4.69, 9.17) is 0 Å². The number of nitrogens with one attached hydrogen (secondary N) is 1. The lowest BCUT2D eigenvalue weighted by Gasteiger charge is -2.12. The summed E-state index contributed by atoms with van der Waals surface area (Å²) in [5, 5.41) is 2.45. The highest BCUT2D eigenvalue weighted by atomic mass is 16.5. The molecule has 82 valence electrons. The molecular formula is C10H19NO3. The van der Waals surface area contributed by atoms with Gasteiger partial charge >= 0.3 is 5.97 Å². The molecule has 0 aromatic rings. The van der Waals surface area contributed by atoms with E-state index in [9.17, 15) is 9.59 Å². The number of hydrogen-bond acceptors (Lipinski definition) is 3. The summed E-state index contributed by atoms with van der Waals surface area (Å²) in [7, 11) is 1.28. The third-order valence-corrected chi connectivity index (χ3v) is 1.27. The Labute approximate surface area is 85.3 Å². The largest absolute Gasteiger partial charge is 0.467 e. The van der Waals surface area contributed by atoms with Gasteiger partial charge in [-0.25, -0.2) is 4.79 Å². The fourth-order valence-corrected chi connectivity index (χ4v) is 0.768. The summed E-state index contributed by atoms with van der Waals surface area (Å²) in [6, 6.07) is -0.606. The van der Waals surface area contributed by atoms with Gasteiger partial charge in [-0.1, -0.05) is 19.9 Å². The number of methoxy groups -OCH3 is 1. The highest BCUT2D eigenvalue weighted by Crippen LogP contribution is 1.95. The van der Waals surface area contributed by atoms with E-state index in [1.807, 2.05) is 13.8 Å². The van der Waals surface area contributed by atoms with Crippen molar-refractivity contribution in [2.24, 2.45) is 0 Å². The third kappa shape index (κ3) is 7.34. The van der Waals surface area contributed by atoms with Crippen molar-refractivity contribution in [2.75, 3.05) is 7.11 Å². The molecule has 0 rings (SSSR count). The van der Waals surface area contributed by atoms with Gasteiger partial charge in [0.1, 0.15) is 6.04 Å². The number of hydrogen-bond donors (Lipinski definition) is 1. The Balaban J connectivity index is 0. The van der Waals surface area contributed by atoms with Crippen molar-refractivity contribution < 1.29 is 14.3 Å². The summed E-state index contributed by atoms with van der Waals surface area (Å²) in [6.45, 7) is 8.81. The maximum atomic E-state index is 11.0. The topological polar surface area (TPSA) is 55.4 Å². The monoisotopic (exact) mass is 201 g/mol. The van der Waals surface area contributed by atoms with Gasteiger partial charge in [-0.15, -0.1) is 6.58 Å². The fraction of sp³-hybridized carbons (Fsp3) is 0.600. The molecule has 14 heavy (non-hydrogen) atoms. The van der Waals surface area contributed by atoms with Crippen molar-refractivity contribution >= 4 is 11.9 Å². The second-order valence-electron chi connectivity index (χ2n) is 2.30. The molecule has 4 heteroatoms.